The number of hydrogen-bond acceptors (Lipinski definition) is 2. The maximum atomic E-state index is 3.50. The Morgan fingerprint density at radius 1 is 1.00 bits per heavy atom. The second-order valence-electron chi connectivity index (χ2n) is 6.55. The van der Waals surface area contributed by atoms with Gasteiger partial charge in [-0.3, -0.25) is 4.90 Å². The molecule has 0 amide bonds. The molecular formula is C19H34N2. The first-order valence-electron chi connectivity index (χ1n) is 8.55. The highest BCUT2D eigenvalue weighted by Crippen LogP contribution is 2.12. The number of hydrogen-bond donors (Lipinski definition) is 1. The van der Waals surface area contributed by atoms with Gasteiger partial charge < -0.3 is 5.32 Å². The molecule has 1 aromatic carbocycles. The number of nitrogens with one attached hydrogen (secondary N) is 1. The summed E-state index contributed by atoms with van der Waals surface area (Å²) in [6.07, 6.45) is 3.58. The van der Waals surface area contributed by atoms with Crippen molar-refractivity contribution >= 4 is 0 Å². The van der Waals surface area contributed by atoms with E-state index in [4.69, 9.17) is 0 Å². The van der Waals surface area contributed by atoms with Crippen LogP contribution in [0.2, 0.25) is 0 Å². The van der Waals surface area contributed by atoms with Crippen LogP contribution in [0, 0.1) is 5.92 Å². The molecule has 0 spiro atoms. The molecule has 2 heteroatoms. The summed E-state index contributed by atoms with van der Waals surface area (Å²) in [5.74, 6) is 0.730. The Kier molecular flexibility index (Phi) is 8.63. The van der Waals surface area contributed by atoms with Gasteiger partial charge in [-0.1, -0.05) is 52.0 Å². The van der Waals surface area contributed by atoms with E-state index in [9.17, 15) is 0 Å². The lowest BCUT2D eigenvalue weighted by Crippen LogP contribution is -2.29. The van der Waals surface area contributed by atoms with Crippen molar-refractivity contribution in [2.75, 3.05) is 20.1 Å². The van der Waals surface area contributed by atoms with Crippen molar-refractivity contribution < 1.29 is 0 Å². The normalized spacial score (nSPS) is 11.8. The zero-order valence-corrected chi connectivity index (χ0v) is 14.7. The first-order chi connectivity index (χ1) is 10.1. The Bertz CT molecular complexity index is 366. The van der Waals surface area contributed by atoms with E-state index in [-0.39, 0.29) is 0 Å². The minimum absolute atomic E-state index is 0.699. The summed E-state index contributed by atoms with van der Waals surface area (Å²) in [5, 5.41) is 3.50. The van der Waals surface area contributed by atoms with Crippen LogP contribution in [0.1, 0.15) is 51.7 Å². The summed E-state index contributed by atoms with van der Waals surface area (Å²) in [6.45, 7) is 12.3. The average molecular weight is 290 g/mol. The van der Waals surface area contributed by atoms with E-state index in [2.05, 4.69) is 69.2 Å². The summed E-state index contributed by atoms with van der Waals surface area (Å²) in [5.41, 5.74) is 2.85. The molecule has 21 heavy (non-hydrogen) atoms. The molecule has 0 aromatic heterocycles. The summed E-state index contributed by atoms with van der Waals surface area (Å²) >= 11 is 0. The molecule has 1 N–H and O–H groups in total. The van der Waals surface area contributed by atoms with Crippen molar-refractivity contribution in [3.05, 3.63) is 35.4 Å². The van der Waals surface area contributed by atoms with E-state index in [1.165, 1.54) is 24.0 Å². The van der Waals surface area contributed by atoms with Crippen LogP contribution in [-0.4, -0.2) is 31.1 Å². The highest BCUT2D eigenvalue weighted by Gasteiger charge is 2.10. The fraction of sp³-hybridized carbons (Fsp3) is 0.684. The molecule has 0 unspecified atom stereocenters. The van der Waals surface area contributed by atoms with E-state index >= 15 is 0 Å². The largest absolute Gasteiger partial charge is 0.316 e. The Morgan fingerprint density at radius 3 is 2.10 bits per heavy atom. The average Bonchev–Trinajstić information content (AvgIpc) is 2.46. The van der Waals surface area contributed by atoms with Gasteiger partial charge in [0.2, 0.25) is 0 Å². The zero-order chi connectivity index (χ0) is 15.7. The Hall–Kier alpha value is -0.860. The minimum Gasteiger partial charge on any atom is -0.316 e. The standard InChI is InChI=1S/C19H34N2/c1-6-19(7-2)21(5)15-18-10-8-17(9-11-18)12-13-20-14-16(3)4/h8-11,16,19-20H,6-7,12-15H2,1-5H3. The second kappa shape index (κ2) is 9.97. The summed E-state index contributed by atoms with van der Waals surface area (Å²) < 4.78 is 0. The number of nitrogens with zero attached hydrogens (tertiary/aromatic N) is 1. The van der Waals surface area contributed by atoms with Crippen molar-refractivity contribution in [1.29, 1.82) is 0 Å². The molecule has 0 fully saturated rings. The zero-order valence-electron chi connectivity index (χ0n) is 14.7. The van der Waals surface area contributed by atoms with Gasteiger partial charge in [0, 0.05) is 12.6 Å². The third-order valence-corrected chi connectivity index (χ3v) is 4.16. The lowest BCUT2D eigenvalue weighted by Gasteiger charge is -2.26. The molecule has 0 atom stereocenters. The van der Waals surface area contributed by atoms with Crippen molar-refractivity contribution in [2.45, 2.75) is 59.5 Å². The molecule has 0 bridgehead atoms. The molecule has 0 aliphatic heterocycles. The van der Waals surface area contributed by atoms with Crippen molar-refractivity contribution in [2.24, 2.45) is 5.92 Å². The first kappa shape index (κ1) is 18.2. The third-order valence-electron chi connectivity index (χ3n) is 4.16. The predicted octanol–water partition coefficient (Wildman–Crippen LogP) is 4.10. The molecule has 2 nitrogen and oxygen atoms in total. The van der Waals surface area contributed by atoms with Gasteiger partial charge in [0.05, 0.1) is 0 Å². The van der Waals surface area contributed by atoms with E-state index < -0.39 is 0 Å². The van der Waals surface area contributed by atoms with Gasteiger partial charge >= 0.3 is 0 Å². The van der Waals surface area contributed by atoms with E-state index in [0.717, 1.165) is 32.0 Å². The van der Waals surface area contributed by atoms with Gasteiger partial charge in [-0.15, -0.1) is 0 Å². The van der Waals surface area contributed by atoms with Crippen LogP contribution in [-0.2, 0) is 13.0 Å². The molecule has 0 aliphatic rings. The third kappa shape index (κ3) is 7.10. The predicted molar refractivity (Wildman–Crippen MR) is 93.7 cm³/mol. The Labute approximate surface area is 131 Å². The SMILES string of the molecule is CCC(CC)N(C)Cc1ccc(CCNCC(C)C)cc1. The van der Waals surface area contributed by atoms with Crippen molar-refractivity contribution in [3.63, 3.8) is 0 Å². The molecular weight excluding hydrogens is 256 g/mol. The van der Waals surface area contributed by atoms with Gasteiger partial charge in [0.15, 0.2) is 0 Å². The lowest BCUT2D eigenvalue weighted by atomic mass is 10.1. The van der Waals surface area contributed by atoms with E-state index in [1.807, 2.05) is 0 Å². The van der Waals surface area contributed by atoms with Gasteiger partial charge in [0.25, 0.3) is 0 Å². The quantitative estimate of drug-likeness (QED) is 0.653. The molecule has 0 radical (unpaired) electrons. The number of benzene rings is 1. The monoisotopic (exact) mass is 290 g/mol. The molecule has 0 heterocycles. The van der Waals surface area contributed by atoms with Gasteiger partial charge in [-0.2, -0.15) is 0 Å². The summed E-state index contributed by atoms with van der Waals surface area (Å²) in [4.78, 5) is 2.47. The van der Waals surface area contributed by atoms with E-state index in [1.54, 1.807) is 0 Å². The van der Waals surface area contributed by atoms with Crippen LogP contribution in [0.5, 0.6) is 0 Å². The van der Waals surface area contributed by atoms with Crippen LogP contribution in [0.4, 0.5) is 0 Å². The molecule has 0 saturated carbocycles. The smallest absolute Gasteiger partial charge is 0.0233 e. The topological polar surface area (TPSA) is 15.3 Å². The van der Waals surface area contributed by atoms with Crippen LogP contribution >= 0.6 is 0 Å². The van der Waals surface area contributed by atoms with Crippen LogP contribution in [0.15, 0.2) is 24.3 Å². The van der Waals surface area contributed by atoms with Gasteiger partial charge in [0.1, 0.15) is 0 Å². The van der Waals surface area contributed by atoms with Crippen molar-refractivity contribution in [3.8, 4) is 0 Å². The Balaban J connectivity index is 2.39. The minimum atomic E-state index is 0.699. The van der Waals surface area contributed by atoms with Crippen LogP contribution in [0.3, 0.4) is 0 Å². The fourth-order valence-corrected chi connectivity index (χ4v) is 2.76. The molecule has 120 valence electrons. The van der Waals surface area contributed by atoms with Crippen molar-refractivity contribution in [1.82, 2.24) is 10.2 Å². The van der Waals surface area contributed by atoms with E-state index in [0.29, 0.717) is 6.04 Å². The molecule has 0 saturated heterocycles. The van der Waals surface area contributed by atoms with Gasteiger partial charge in [-0.05, 0) is 56.4 Å². The maximum absolute atomic E-state index is 3.50. The molecule has 1 aromatic rings. The maximum Gasteiger partial charge on any atom is 0.0233 e. The Morgan fingerprint density at radius 2 is 1.57 bits per heavy atom. The highest BCUT2D eigenvalue weighted by molar-refractivity contribution is 5.22. The summed E-state index contributed by atoms with van der Waals surface area (Å²) in [6, 6.07) is 9.85. The lowest BCUT2D eigenvalue weighted by molar-refractivity contribution is 0.222. The van der Waals surface area contributed by atoms with Crippen LogP contribution in [0.25, 0.3) is 0 Å². The molecule has 0 aliphatic carbocycles. The highest BCUT2D eigenvalue weighted by atomic mass is 15.1. The second-order valence-corrected chi connectivity index (χ2v) is 6.55. The summed E-state index contributed by atoms with van der Waals surface area (Å²) in [7, 11) is 2.24. The number of rotatable bonds is 10. The fourth-order valence-electron chi connectivity index (χ4n) is 2.76. The van der Waals surface area contributed by atoms with Gasteiger partial charge in [-0.25, -0.2) is 0 Å². The molecule has 1 rings (SSSR count). The van der Waals surface area contributed by atoms with Crippen LogP contribution < -0.4 is 5.32 Å². The first-order valence-corrected chi connectivity index (χ1v) is 8.55.